The van der Waals surface area contributed by atoms with Crippen LogP contribution in [0.25, 0.3) is 0 Å². The van der Waals surface area contributed by atoms with Gasteiger partial charge in [-0.15, -0.1) is 0 Å². The van der Waals surface area contributed by atoms with Gasteiger partial charge in [0.15, 0.2) is 0 Å². The summed E-state index contributed by atoms with van der Waals surface area (Å²) in [4.78, 5) is 16.2. The minimum absolute atomic E-state index is 0.0644. The van der Waals surface area contributed by atoms with E-state index in [-0.39, 0.29) is 11.6 Å². The summed E-state index contributed by atoms with van der Waals surface area (Å²) < 4.78 is 16.0. The standard InChI is InChI=1S/C16H22N2O4/c1-16(11-22-16)10-18-7-6-17(15(18)19)9-12-4-5-13(20-2)8-14(12)21-3/h4-5,8H,6-7,9-11H2,1-3H3. The van der Waals surface area contributed by atoms with Crippen LogP contribution in [0.1, 0.15) is 12.5 Å². The molecule has 0 spiro atoms. The Labute approximate surface area is 130 Å². The molecular weight excluding hydrogens is 284 g/mol. The number of epoxide rings is 1. The van der Waals surface area contributed by atoms with Gasteiger partial charge in [-0.3, -0.25) is 0 Å². The van der Waals surface area contributed by atoms with E-state index in [1.807, 2.05) is 34.9 Å². The SMILES string of the molecule is COc1ccc(CN2CCN(CC3(C)CO3)C2=O)c(OC)c1. The number of hydrogen-bond donors (Lipinski definition) is 0. The van der Waals surface area contributed by atoms with Crippen LogP contribution < -0.4 is 9.47 Å². The van der Waals surface area contributed by atoms with E-state index in [2.05, 4.69) is 0 Å². The molecule has 1 unspecified atom stereocenters. The number of nitrogens with zero attached hydrogens (tertiary/aromatic N) is 2. The van der Waals surface area contributed by atoms with Crippen molar-refractivity contribution in [2.75, 3.05) is 40.5 Å². The molecule has 2 saturated heterocycles. The van der Waals surface area contributed by atoms with Gasteiger partial charge in [-0.1, -0.05) is 0 Å². The molecule has 0 aromatic heterocycles. The van der Waals surface area contributed by atoms with Crippen molar-refractivity contribution in [3.05, 3.63) is 23.8 Å². The van der Waals surface area contributed by atoms with Crippen LogP contribution in [0.15, 0.2) is 18.2 Å². The molecule has 2 heterocycles. The van der Waals surface area contributed by atoms with Gasteiger partial charge in [0.05, 0.1) is 33.9 Å². The van der Waals surface area contributed by atoms with Gasteiger partial charge < -0.3 is 24.0 Å². The lowest BCUT2D eigenvalue weighted by Crippen LogP contribution is -2.37. The average molecular weight is 306 g/mol. The van der Waals surface area contributed by atoms with Crippen molar-refractivity contribution in [3.8, 4) is 11.5 Å². The summed E-state index contributed by atoms with van der Waals surface area (Å²) in [5, 5.41) is 0. The first kappa shape index (κ1) is 15.0. The van der Waals surface area contributed by atoms with Crippen molar-refractivity contribution in [3.63, 3.8) is 0 Å². The first-order valence-electron chi connectivity index (χ1n) is 7.43. The highest BCUT2D eigenvalue weighted by atomic mass is 16.6. The Balaban J connectivity index is 1.67. The van der Waals surface area contributed by atoms with E-state index < -0.39 is 0 Å². The molecule has 0 bridgehead atoms. The third kappa shape index (κ3) is 2.97. The van der Waals surface area contributed by atoms with Gasteiger partial charge >= 0.3 is 6.03 Å². The second-order valence-corrected chi connectivity index (χ2v) is 6.04. The Morgan fingerprint density at radius 1 is 1.23 bits per heavy atom. The maximum absolute atomic E-state index is 12.5. The fourth-order valence-corrected chi connectivity index (χ4v) is 2.73. The van der Waals surface area contributed by atoms with Crippen molar-refractivity contribution >= 4 is 6.03 Å². The molecule has 1 aromatic rings. The number of urea groups is 1. The van der Waals surface area contributed by atoms with Gasteiger partial charge in [-0.25, -0.2) is 4.79 Å². The molecule has 2 aliphatic heterocycles. The molecule has 2 aliphatic rings. The number of rotatable bonds is 6. The van der Waals surface area contributed by atoms with Gasteiger partial charge in [-0.2, -0.15) is 0 Å². The van der Waals surface area contributed by atoms with Crippen LogP contribution >= 0.6 is 0 Å². The summed E-state index contributed by atoms with van der Waals surface area (Å²) in [6, 6.07) is 5.73. The Bertz CT molecular complexity index is 571. The zero-order valence-electron chi connectivity index (χ0n) is 13.3. The lowest BCUT2D eigenvalue weighted by Gasteiger charge is -2.21. The lowest BCUT2D eigenvalue weighted by atomic mass is 10.2. The molecule has 0 radical (unpaired) electrons. The number of amides is 2. The highest BCUT2D eigenvalue weighted by molar-refractivity contribution is 5.76. The normalized spacial score (nSPS) is 23.9. The number of methoxy groups -OCH3 is 2. The topological polar surface area (TPSA) is 54.5 Å². The number of carbonyl (C=O) groups is 1. The minimum atomic E-state index is -0.135. The molecule has 3 rings (SSSR count). The Kier molecular flexibility index (Phi) is 3.87. The third-order valence-corrected chi connectivity index (χ3v) is 4.20. The molecule has 6 heteroatoms. The summed E-state index contributed by atoms with van der Waals surface area (Å²) >= 11 is 0. The fraction of sp³-hybridized carbons (Fsp3) is 0.562. The highest BCUT2D eigenvalue weighted by Crippen LogP contribution is 2.30. The van der Waals surface area contributed by atoms with Gasteiger partial charge in [-0.05, 0) is 19.1 Å². The van der Waals surface area contributed by atoms with Gasteiger partial charge in [0, 0.05) is 24.7 Å². The van der Waals surface area contributed by atoms with Crippen LogP contribution in [0.3, 0.4) is 0 Å². The highest BCUT2D eigenvalue weighted by Gasteiger charge is 2.44. The molecule has 2 fully saturated rings. The largest absolute Gasteiger partial charge is 0.497 e. The van der Waals surface area contributed by atoms with Crippen molar-refractivity contribution in [1.82, 2.24) is 9.80 Å². The maximum Gasteiger partial charge on any atom is 0.320 e. The van der Waals surface area contributed by atoms with E-state index in [1.165, 1.54) is 0 Å². The predicted octanol–water partition coefficient (Wildman–Crippen LogP) is 1.73. The van der Waals surface area contributed by atoms with Crippen LogP contribution in [-0.2, 0) is 11.3 Å². The Morgan fingerprint density at radius 3 is 2.59 bits per heavy atom. The zero-order chi connectivity index (χ0) is 15.7. The van der Waals surface area contributed by atoms with Crippen LogP contribution in [0.2, 0.25) is 0 Å². The summed E-state index contributed by atoms with van der Waals surface area (Å²) in [6.45, 7) is 5.46. The van der Waals surface area contributed by atoms with E-state index in [9.17, 15) is 4.79 Å². The van der Waals surface area contributed by atoms with E-state index in [0.29, 0.717) is 13.1 Å². The van der Waals surface area contributed by atoms with Crippen molar-refractivity contribution in [2.24, 2.45) is 0 Å². The van der Waals surface area contributed by atoms with E-state index >= 15 is 0 Å². The predicted molar refractivity (Wildman–Crippen MR) is 81.3 cm³/mol. The van der Waals surface area contributed by atoms with E-state index in [4.69, 9.17) is 14.2 Å². The maximum atomic E-state index is 12.5. The summed E-state index contributed by atoms with van der Waals surface area (Å²) in [7, 11) is 3.25. The number of benzene rings is 1. The smallest absolute Gasteiger partial charge is 0.320 e. The molecule has 6 nitrogen and oxygen atoms in total. The Morgan fingerprint density at radius 2 is 1.95 bits per heavy atom. The molecule has 1 atom stereocenters. The quantitative estimate of drug-likeness (QED) is 0.751. The van der Waals surface area contributed by atoms with Crippen molar-refractivity contribution in [1.29, 1.82) is 0 Å². The molecule has 120 valence electrons. The molecule has 0 N–H and O–H groups in total. The monoisotopic (exact) mass is 306 g/mol. The number of hydrogen-bond acceptors (Lipinski definition) is 4. The van der Waals surface area contributed by atoms with Gasteiger partial charge in [0.25, 0.3) is 0 Å². The molecular formula is C16H22N2O4. The lowest BCUT2D eigenvalue weighted by molar-refractivity contribution is 0.177. The molecule has 0 aliphatic carbocycles. The first-order chi connectivity index (χ1) is 10.5. The molecule has 2 amide bonds. The minimum Gasteiger partial charge on any atom is -0.497 e. The number of ether oxygens (including phenoxy) is 3. The van der Waals surface area contributed by atoms with Crippen LogP contribution in [0, 0.1) is 0 Å². The summed E-state index contributed by atoms with van der Waals surface area (Å²) in [5.74, 6) is 1.48. The van der Waals surface area contributed by atoms with Gasteiger partial charge in [0.1, 0.15) is 17.1 Å². The van der Waals surface area contributed by atoms with Crippen molar-refractivity contribution < 1.29 is 19.0 Å². The fourth-order valence-electron chi connectivity index (χ4n) is 2.73. The van der Waals surface area contributed by atoms with E-state index in [0.717, 1.165) is 36.8 Å². The Hall–Kier alpha value is -1.95. The molecule has 1 aromatic carbocycles. The number of carbonyl (C=O) groups excluding carboxylic acids is 1. The van der Waals surface area contributed by atoms with Crippen LogP contribution in [0.4, 0.5) is 4.79 Å². The second kappa shape index (κ2) is 5.68. The second-order valence-electron chi connectivity index (χ2n) is 6.04. The summed E-state index contributed by atoms with van der Waals surface area (Å²) in [5.41, 5.74) is 0.844. The molecule has 0 saturated carbocycles. The molecule has 22 heavy (non-hydrogen) atoms. The van der Waals surface area contributed by atoms with Crippen LogP contribution in [0.5, 0.6) is 11.5 Å². The first-order valence-corrected chi connectivity index (χ1v) is 7.43. The van der Waals surface area contributed by atoms with Gasteiger partial charge in [0.2, 0.25) is 0 Å². The van der Waals surface area contributed by atoms with Crippen LogP contribution in [-0.4, -0.2) is 61.9 Å². The van der Waals surface area contributed by atoms with Crippen molar-refractivity contribution in [2.45, 2.75) is 19.1 Å². The summed E-state index contributed by atoms with van der Waals surface area (Å²) in [6.07, 6.45) is 0. The zero-order valence-corrected chi connectivity index (χ0v) is 13.3. The third-order valence-electron chi connectivity index (χ3n) is 4.20. The average Bonchev–Trinajstić information content (AvgIpc) is 3.17. The van der Waals surface area contributed by atoms with E-state index in [1.54, 1.807) is 14.2 Å².